The zero-order valence-electron chi connectivity index (χ0n) is 13.6. The van der Waals surface area contributed by atoms with E-state index < -0.39 is 0 Å². The summed E-state index contributed by atoms with van der Waals surface area (Å²) in [5.74, 6) is 1.16. The van der Waals surface area contributed by atoms with Crippen LogP contribution in [0.4, 0.5) is 0 Å². The first-order valence-corrected chi connectivity index (χ1v) is 8.13. The van der Waals surface area contributed by atoms with Crippen molar-refractivity contribution in [3.63, 3.8) is 0 Å². The highest BCUT2D eigenvalue weighted by Crippen LogP contribution is 2.10. The Morgan fingerprint density at radius 1 is 1.41 bits per heavy atom. The van der Waals surface area contributed by atoms with Gasteiger partial charge in [0.15, 0.2) is 0 Å². The second-order valence-corrected chi connectivity index (χ2v) is 6.18. The van der Waals surface area contributed by atoms with Crippen molar-refractivity contribution in [1.29, 1.82) is 0 Å². The van der Waals surface area contributed by atoms with Crippen molar-refractivity contribution in [3.8, 4) is 0 Å². The van der Waals surface area contributed by atoms with E-state index in [1.165, 1.54) is 11.4 Å². The van der Waals surface area contributed by atoms with E-state index in [2.05, 4.69) is 44.6 Å². The highest BCUT2D eigenvalue weighted by atomic mass is 15.3. The number of nitrogens with zero attached hydrogens (tertiary/aromatic N) is 5. The van der Waals surface area contributed by atoms with Crippen LogP contribution in [-0.2, 0) is 33.1 Å². The van der Waals surface area contributed by atoms with Crippen molar-refractivity contribution >= 4 is 0 Å². The van der Waals surface area contributed by atoms with E-state index in [0.717, 1.165) is 57.8 Å². The monoisotopic (exact) mass is 302 g/mol. The van der Waals surface area contributed by atoms with Crippen molar-refractivity contribution in [1.82, 2.24) is 29.5 Å². The summed E-state index contributed by atoms with van der Waals surface area (Å²) in [6.45, 7) is 5.04. The van der Waals surface area contributed by atoms with Gasteiger partial charge in [-0.25, -0.2) is 4.98 Å². The molecule has 0 saturated carbocycles. The lowest BCUT2D eigenvalue weighted by Gasteiger charge is -2.14. The van der Waals surface area contributed by atoms with Gasteiger partial charge >= 0.3 is 0 Å². The molecule has 3 heterocycles. The van der Waals surface area contributed by atoms with E-state index in [4.69, 9.17) is 5.10 Å². The summed E-state index contributed by atoms with van der Waals surface area (Å²) in [4.78, 5) is 6.72. The largest absolute Gasteiger partial charge is 0.338 e. The van der Waals surface area contributed by atoms with Crippen LogP contribution in [0.3, 0.4) is 0 Å². The van der Waals surface area contributed by atoms with Gasteiger partial charge in [0.2, 0.25) is 0 Å². The van der Waals surface area contributed by atoms with E-state index in [9.17, 15) is 0 Å². The van der Waals surface area contributed by atoms with Crippen molar-refractivity contribution in [2.45, 2.75) is 38.9 Å². The van der Waals surface area contributed by atoms with E-state index in [0.29, 0.717) is 0 Å². The summed E-state index contributed by atoms with van der Waals surface area (Å²) >= 11 is 0. The third-order valence-corrected chi connectivity index (χ3v) is 4.24. The Hall–Kier alpha value is -1.66. The van der Waals surface area contributed by atoms with Crippen LogP contribution in [0.25, 0.3) is 0 Å². The standard InChI is InChI=1S/C16H26N6/c1-20(8-3-5-16-18-7-10-21(16)2)13-14-11-15-12-17-6-4-9-22(15)19-14/h7,10-11,17H,3-6,8-9,12-13H2,1-2H3. The van der Waals surface area contributed by atoms with Gasteiger partial charge in [0.05, 0.1) is 11.4 Å². The van der Waals surface area contributed by atoms with E-state index in [1.54, 1.807) is 0 Å². The Bertz CT molecular complexity index is 576. The summed E-state index contributed by atoms with van der Waals surface area (Å²) < 4.78 is 4.26. The minimum absolute atomic E-state index is 0.917. The fourth-order valence-corrected chi connectivity index (χ4v) is 3.00. The number of fused-ring (bicyclic) bond motifs is 1. The molecule has 0 unspecified atom stereocenters. The fourth-order valence-electron chi connectivity index (χ4n) is 3.00. The Labute approximate surface area is 132 Å². The van der Waals surface area contributed by atoms with Gasteiger partial charge in [0, 0.05) is 45.5 Å². The van der Waals surface area contributed by atoms with Crippen molar-refractivity contribution in [2.75, 3.05) is 20.1 Å². The average Bonchev–Trinajstić information content (AvgIpc) is 2.99. The minimum Gasteiger partial charge on any atom is -0.338 e. The fraction of sp³-hybridized carbons (Fsp3) is 0.625. The number of nitrogens with one attached hydrogen (secondary N) is 1. The molecule has 1 N–H and O–H groups in total. The van der Waals surface area contributed by atoms with Crippen LogP contribution < -0.4 is 5.32 Å². The van der Waals surface area contributed by atoms with E-state index in [1.807, 2.05) is 12.4 Å². The summed E-state index contributed by atoms with van der Waals surface area (Å²) in [7, 11) is 4.22. The lowest BCUT2D eigenvalue weighted by Crippen LogP contribution is -2.20. The molecular weight excluding hydrogens is 276 g/mol. The van der Waals surface area contributed by atoms with Crippen LogP contribution in [-0.4, -0.2) is 44.4 Å². The van der Waals surface area contributed by atoms with Crippen LogP contribution in [0.5, 0.6) is 0 Å². The van der Waals surface area contributed by atoms with E-state index in [-0.39, 0.29) is 0 Å². The van der Waals surface area contributed by atoms with Gasteiger partial charge in [-0.3, -0.25) is 4.68 Å². The predicted molar refractivity (Wildman–Crippen MR) is 86.4 cm³/mol. The molecule has 0 aliphatic carbocycles. The first-order valence-electron chi connectivity index (χ1n) is 8.13. The molecule has 6 heteroatoms. The number of imidazole rings is 1. The molecule has 22 heavy (non-hydrogen) atoms. The third-order valence-electron chi connectivity index (χ3n) is 4.24. The van der Waals surface area contributed by atoms with Gasteiger partial charge in [-0.15, -0.1) is 0 Å². The molecule has 2 aromatic heterocycles. The highest BCUT2D eigenvalue weighted by Gasteiger charge is 2.12. The lowest BCUT2D eigenvalue weighted by atomic mass is 10.2. The molecule has 0 radical (unpaired) electrons. The molecule has 120 valence electrons. The molecule has 0 atom stereocenters. The van der Waals surface area contributed by atoms with Crippen LogP contribution in [0.15, 0.2) is 18.5 Å². The van der Waals surface area contributed by atoms with E-state index >= 15 is 0 Å². The molecule has 1 aliphatic rings. The van der Waals surface area contributed by atoms with Gasteiger partial charge in [-0.2, -0.15) is 5.10 Å². The first-order chi connectivity index (χ1) is 10.7. The van der Waals surface area contributed by atoms with Gasteiger partial charge in [0.1, 0.15) is 5.82 Å². The topological polar surface area (TPSA) is 50.9 Å². The SMILES string of the molecule is CN(CCCc1nccn1C)Cc1cc2n(n1)CCCNC2. The van der Waals surface area contributed by atoms with Crippen LogP contribution in [0.2, 0.25) is 0 Å². The second kappa shape index (κ2) is 7.07. The molecule has 0 saturated heterocycles. The zero-order chi connectivity index (χ0) is 15.4. The second-order valence-electron chi connectivity index (χ2n) is 6.18. The molecule has 0 fully saturated rings. The molecule has 6 nitrogen and oxygen atoms in total. The number of aromatic nitrogens is 4. The van der Waals surface area contributed by atoms with Crippen molar-refractivity contribution in [2.24, 2.45) is 7.05 Å². The van der Waals surface area contributed by atoms with Crippen LogP contribution in [0.1, 0.15) is 30.1 Å². The Balaban J connectivity index is 1.47. The van der Waals surface area contributed by atoms with Crippen LogP contribution in [0, 0.1) is 0 Å². The summed E-state index contributed by atoms with van der Waals surface area (Å²) in [6, 6.07) is 2.24. The Morgan fingerprint density at radius 3 is 3.14 bits per heavy atom. The zero-order valence-corrected chi connectivity index (χ0v) is 13.6. The highest BCUT2D eigenvalue weighted by molar-refractivity contribution is 5.11. The van der Waals surface area contributed by atoms with Gasteiger partial charge in [-0.05, 0) is 39.0 Å². The first kappa shape index (κ1) is 15.2. The number of hydrogen-bond donors (Lipinski definition) is 1. The maximum absolute atomic E-state index is 4.74. The molecule has 3 rings (SSSR count). The smallest absolute Gasteiger partial charge is 0.108 e. The van der Waals surface area contributed by atoms with Crippen LogP contribution >= 0.6 is 0 Å². The van der Waals surface area contributed by atoms with Crippen molar-refractivity contribution in [3.05, 3.63) is 35.7 Å². The number of rotatable bonds is 6. The maximum atomic E-state index is 4.74. The predicted octanol–water partition coefficient (Wildman–Crippen LogP) is 1.17. The molecule has 2 aromatic rings. The molecule has 1 aliphatic heterocycles. The molecule has 0 bridgehead atoms. The molecule has 0 spiro atoms. The van der Waals surface area contributed by atoms with Gasteiger partial charge in [-0.1, -0.05) is 0 Å². The molecular formula is C16H26N6. The van der Waals surface area contributed by atoms with Gasteiger partial charge in [0.25, 0.3) is 0 Å². The quantitative estimate of drug-likeness (QED) is 0.870. The average molecular weight is 302 g/mol. The molecule has 0 aromatic carbocycles. The Kier molecular flexibility index (Phi) is 4.90. The van der Waals surface area contributed by atoms with Gasteiger partial charge < -0.3 is 14.8 Å². The maximum Gasteiger partial charge on any atom is 0.108 e. The summed E-state index contributed by atoms with van der Waals surface area (Å²) in [5, 5.41) is 8.18. The summed E-state index contributed by atoms with van der Waals surface area (Å²) in [6.07, 6.45) is 7.18. The normalized spacial score (nSPS) is 15.0. The molecule has 0 amide bonds. The third kappa shape index (κ3) is 3.75. The minimum atomic E-state index is 0.917. The summed E-state index contributed by atoms with van der Waals surface area (Å²) in [5.41, 5.74) is 2.49. The lowest BCUT2D eigenvalue weighted by molar-refractivity contribution is 0.315. The van der Waals surface area contributed by atoms with Crippen molar-refractivity contribution < 1.29 is 0 Å². The number of aryl methyl sites for hydroxylation is 3. The Morgan fingerprint density at radius 2 is 2.32 bits per heavy atom. The number of hydrogen-bond acceptors (Lipinski definition) is 4.